The van der Waals surface area contributed by atoms with E-state index in [1.165, 1.54) is 23.3 Å². The number of nitrogens with two attached hydrogens (primary N) is 1. The largest absolute Gasteiger partial charge is 0.419 e. The predicted octanol–water partition coefficient (Wildman–Crippen LogP) is 1.57. The molecule has 5 nitrogen and oxygen atoms in total. The monoisotopic (exact) mass is 243 g/mol. The Bertz CT molecular complexity index is 506. The molecular formula is C9H8F3N5. The molecule has 17 heavy (non-hydrogen) atoms. The van der Waals surface area contributed by atoms with Crippen LogP contribution in [-0.4, -0.2) is 14.5 Å². The van der Waals surface area contributed by atoms with Crippen LogP contribution in [0.15, 0.2) is 30.9 Å². The fourth-order valence-corrected chi connectivity index (χ4v) is 1.33. The first-order chi connectivity index (χ1) is 8.02. The summed E-state index contributed by atoms with van der Waals surface area (Å²) < 4.78 is 39.4. The Kier molecular flexibility index (Phi) is 2.72. The topological polar surface area (TPSA) is 68.8 Å². The lowest BCUT2D eigenvalue weighted by molar-refractivity contribution is -0.137. The van der Waals surface area contributed by atoms with Crippen LogP contribution in [0.3, 0.4) is 0 Å². The summed E-state index contributed by atoms with van der Waals surface area (Å²) in [5.74, 6) is 4.98. The lowest BCUT2D eigenvalue weighted by Gasteiger charge is -2.13. The fourth-order valence-electron chi connectivity index (χ4n) is 1.33. The van der Waals surface area contributed by atoms with Crippen molar-refractivity contribution >= 4 is 5.82 Å². The molecule has 0 spiro atoms. The van der Waals surface area contributed by atoms with Gasteiger partial charge >= 0.3 is 6.18 Å². The molecular weight excluding hydrogens is 235 g/mol. The Morgan fingerprint density at radius 1 is 1.29 bits per heavy atom. The summed E-state index contributed by atoms with van der Waals surface area (Å²) in [6, 6.07) is 2.07. The van der Waals surface area contributed by atoms with Gasteiger partial charge < -0.3 is 5.43 Å². The maximum atomic E-state index is 12.8. The van der Waals surface area contributed by atoms with Gasteiger partial charge in [-0.05, 0) is 12.1 Å². The van der Waals surface area contributed by atoms with Gasteiger partial charge in [0, 0.05) is 12.4 Å². The lowest BCUT2D eigenvalue weighted by Crippen LogP contribution is -2.15. The number of aromatic nitrogens is 3. The van der Waals surface area contributed by atoms with Crippen LogP contribution in [0, 0.1) is 0 Å². The zero-order chi connectivity index (χ0) is 12.5. The van der Waals surface area contributed by atoms with Crippen molar-refractivity contribution < 1.29 is 13.2 Å². The minimum Gasteiger partial charge on any atom is -0.308 e. The number of nitrogens with zero attached hydrogens (tertiary/aromatic N) is 3. The number of rotatable bonds is 2. The second kappa shape index (κ2) is 4.06. The van der Waals surface area contributed by atoms with Crippen LogP contribution in [0.4, 0.5) is 19.0 Å². The molecule has 0 atom stereocenters. The predicted molar refractivity (Wildman–Crippen MR) is 54.2 cm³/mol. The minimum atomic E-state index is -4.49. The summed E-state index contributed by atoms with van der Waals surface area (Å²) in [6.45, 7) is 0. The molecule has 0 radical (unpaired) electrons. The molecule has 8 heteroatoms. The molecule has 0 fully saturated rings. The van der Waals surface area contributed by atoms with Gasteiger partial charge in [-0.25, -0.2) is 15.8 Å². The zero-order valence-electron chi connectivity index (χ0n) is 8.44. The molecule has 0 saturated heterocycles. The average molecular weight is 243 g/mol. The van der Waals surface area contributed by atoms with Crippen LogP contribution >= 0.6 is 0 Å². The van der Waals surface area contributed by atoms with Crippen molar-refractivity contribution in [2.75, 3.05) is 5.43 Å². The fraction of sp³-hybridized carbons (Fsp3) is 0.111. The molecule has 0 aromatic carbocycles. The van der Waals surface area contributed by atoms with E-state index in [2.05, 4.69) is 15.4 Å². The first-order valence-electron chi connectivity index (χ1n) is 4.55. The molecule has 0 aliphatic rings. The number of anilines is 1. The molecule has 0 unspecified atom stereocenters. The van der Waals surface area contributed by atoms with E-state index in [0.717, 1.165) is 12.1 Å². The van der Waals surface area contributed by atoms with E-state index in [-0.39, 0.29) is 11.6 Å². The van der Waals surface area contributed by atoms with Crippen LogP contribution in [0.25, 0.3) is 5.82 Å². The van der Waals surface area contributed by atoms with Gasteiger partial charge in [0.25, 0.3) is 0 Å². The van der Waals surface area contributed by atoms with E-state index >= 15 is 0 Å². The van der Waals surface area contributed by atoms with Crippen molar-refractivity contribution in [3.8, 4) is 5.82 Å². The van der Waals surface area contributed by atoms with Crippen molar-refractivity contribution in [1.29, 1.82) is 0 Å². The maximum absolute atomic E-state index is 12.8. The molecule has 2 aromatic rings. The van der Waals surface area contributed by atoms with Crippen molar-refractivity contribution in [1.82, 2.24) is 14.5 Å². The van der Waals surface area contributed by atoms with Gasteiger partial charge in [-0.15, -0.1) is 0 Å². The highest BCUT2D eigenvalue weighted by atomic mass is 19.4. The Balaban J connectivity index is 2.61. The normalized spacial score (nSPS) is 11.5. The number of hydrogen-bond donors (Lipinski definition) is 2. The van der Waals surface area contributed by atoms with E-state index in [1.54, 1.807) is 0 Å². The molecule has 0 saturated carbocycles. The number of nitrogen functional groups attached to an aromatic ring is 1. The number of nitrogens with one attached hydrogen (secondary N) is 1. The third-order valence-corrected chi connectivity index (χ3v) is 2.08. The van der Waals surface area contributed by atoms with Gasteiger partial charge in [0.2, 0.25) is 0 Å². The van der Waals surface area contributed by atoms with Crippen molar-refractivity contribution in [2.24, 2.45) is 5.84 Å². The highest BCUT2D eigenvalue weighted by Gasteiger charge is 2.35. The Morgan fingerprint density at radius 2 is 2.06 bits per heavy atom. The highest BCUT2D eigenvalue weighted by Crippen LogP contribution is 2.33. The number of halogens is 3. The number of imidazole rings is 1. The molecule has 2 heterocycles. The third-order valence-electron chi connectivity index (χ3n) is 2.08. The van der Waals surface area contributed by atoms with E-state index in [4.69, 9.17) is 5.84 Å². The molecule has 0 aliphatic heterocycles. The zero-order valence-corrected chi connectivity index (χ0v) is 8.44. The number of hydrazine groups is 1. The molecule has 3 N–H and O–H groups in total. The minimum absolute atomic E-state index is 0.140. The van der Waals surface area contributed by atoms with Gasteiger partial charge in [-0.1, -0.05) is 0 Å². The van der Waals surface area contributed by atoms with Crippen LogP contribution in [0.2, 0.25) is 0 Å². The quantitative estimate of drug-likeness (QED) is 0.620. The van der Waals surface area contributed by atoms with Crippen LogP contribution in [-0.2, 0) is 6.18 Å². The van der Waals surface area contributed by atoms with Crippen LogP contribution in [0.1, 0.15) is 5.56 Å². The van der Waals surface area contributed by atoms with Gasteiger partial charge in [-0.2, -0.15) is 13.2 Å². The molecule has 2 aromatic heterocycles. The first kappa shape index (κ1) is 11.4. The van der Waals surface area contributed by atoms with Crippen LogP contribution in [0.5, 0.6) is 0 Å². The Labute approximate surface area is 94.1 Å². The summed E-state index contributed by atoms with van der Waals surface area (Å²) in [4.78, 5) is 7.45. The molecule has 2 rings (SSSR count). The first-order valence-corrected chi connectivity index (χ1v) is 4.55. The smallest absolute Gasteiger partial charge is 0.308 e. The standard InChI is InChI=1S/C9H8F3N5/c10-9(11,12)6-1-2-7(16-13)15-8(6)17-4-3-14-5-17/h1-5H,13H2,(H,15,16). The summed E-state index contributed by atoms with van der Waals surface area (Å²) in [5, 5.41) is 0. The Hall–Kier alpha value is -2.09. The van der Waals surface area contributed by atoms with Gasteiger partial charge in [0.1, 0.15) is 12.1 Å². The lowest BCUT2D eigenvalue weighted by atomic mass is 10.2. The number of alkyl halides is 3. The van der Waals surface area contributed by atoms with E-state index in [0.29, 0.717) is 0 Å². The summed E-state index contributed by atoms with van der Waals surface area (Å²) in [6.07, 6.45) is -0.514. The summed E-state index contributed by atoms with van der Waals surface area (Å²) >= 11 is 0. The molecule has 0 amide bonds. The highest BCUT2D eigenvalue weighted by molar-refractivity contribution is 5.45. The summed E-state index contributed by atoms with van der Waals surface area (Å²) in [7, 11) is 0. The van der Waals surface area contributed by atoms with E-state index < -0.39 is 11.7 Å². The maximum Gasteiger partial charge on any atom is 0.419 e. The molecule has 0 bridgehead atoms. The van der Waals surface area contributed by atoms with Gasteiger partial charge in [0.05, 0.1) is 5.56 Å². The number of hydrogen-bond acceptors (Lipinski definition) is 4. The van der Waals surface area contributed by atoms with E-state index in [9.17, 15) is 13.2 Å². The van der Waals surface area contributed by atoms with E-state index in [1.807, 2.05) is 0 Å². The van der Waals surface area contributed by atoms with Crippen LogP contribution < -0.4 is 11.3 Å². The SMILES string of the molecule is NNc1ccc(C(F)(F)F)c(-n2ccnc2)n1. The van der Waals surface area contributed by atoms with Crippen molar-refractivity contribution in [2.45, 2.75) is 6.18 Å². The van der Waals surface area contributed by atoms with Crippen molar-refractivity contribution in [3.05, 3.63) is 36.4 Å². The second-order valence-electron chi connectivity index (χ2n) is 3.18. The average Bonchev–Trinajstić information content (AvgIpc) is 2.80. The Morgan fingerprint density at radius 3 is 2.59 bits per heavy atom. The molecule has 90 valence electrons. The van der Waals surface area contributed by atoms with Crippen molar-refractivity contribution in [3.63, 3.8) is 0 Å². The third kappa shape index (κ3) is 2.21. The second-order valence-corrected chi connectivity index (χ2v) is 3.18. The van der Waals surface area contributed by atoms with Gasteiger partial charge in [-0.3, -0.25) is 4.57 Å². The van der Waals surface area contributed by atoms with Gasteiger partial charge in [0.15, 0.2) is 5.82 Å². The summed E-state index contributed by atoms with van der Waals surface area (Å²) in [5.41, 5.74) is 1.34. The molecule has 0 aliphatic carbocycles. The number of pyridine rings is 1.